The summed E-state index contributed by atoms with van der Waals surface area (Å²) in [7, 11) is 0. The molecule has 8 nitrogen and oxygen atoms in total. The van der Waals surface area contributed by atoms with E-state index in [4.69, 9.17) is 23.2 Å². The third-order valence-electron chi connectivity index (χ3n) is 6.48. The predicted octanol–water partition coefficient (Wildman–Crippen LogP) is 1.49. The van der Waals surface area contributed by atoms with Gasteiger partial charge in [0, 0.05) is 70.8 Å². The Morgan fingerprint density at radius 2 is 1.97 bits per heavy atom. The molecule has 0 spiro atoms. The van der Waals surface area contributed by atoms with Crippen molar-refractivity contribution in [2.75, 3.05) is 52.4 Å². The van der Waals surface area contributed by atoms with Crippen molar-refractivity contribution in [3.05, 3.63) is 39.9 Å². The molecule has 2 fully saturated rings. The number of hydrogen-bond donors (Lipinski definition) is 3. The number of β-amino-alcohol motifs (C(OH)–C–C–N with tert-alkyl or cyclic N) is 1. The van der Waals surface area contributed by atoms with Gasteiger partial charge in [-0.3, -0.25) is 9.59 Å². The molecular weight excluding hydrogens is 481 g/mol. The van der Waals surface area contributed by atoms with E-state index in [2.05, 4.69) is 0 Å². The first-order valence-electron chi connectivity index (χ1n) is 11.7. The number of piperidine rings is 1. The molecule has 3 rings (SSSR count). The average Bonchev–Trinajstić information content (AvgIpc) is 3.00. The number of benzene rings is 1. The number of rotatable bonds is 8. The van der Waals surface area contributed by atoms with Crippen LogP contribution >= 0.6 is 23.2 Å². The Bertz CT molecular complexity index is 884. The molecule has 1 aromatic rings. The fourth-order valence-electron chi connectivity index (χ4n) is 4.35. The molecule has 2 amide bonds. The molecule has 2 aliphatic heterocycles. The van der Waals surface area contributed by atoms with E-state index in [1.807, 2.05) is 4.90 Å². The van der Waals surface area contributed by atoms with Gasteiger partial charge in [-0.2, -0.15) is 0 Å². The zero-order valence-electron chi connectivity index (χ0n) is 19.2. The van der Waals surface area contributed by atoms with Crippen molar-refractivity contribution >= 4 is 41.1 Å². The molecule has 188 valence electrons. The van der Waals surface area contributed by atoms with Crippen LogP contribution in [0.25, 0.3) is 6.08 Å². The van der Waals surface area contributed by atoms with Crippen molar-refractivity contribution in [2.24, 2.45) is 5.92 Å². The van der Waals surface area contributed by atoms with Gasteiger partial charge in [0.2, 0.25) is 11.8 Å². The first kappa shape index (κ1) is 26.9. The van der Waals surface area contributed by atoms with Gasteiger partial charge in [-0.1, -0.05) is 29.3 Å². The van der Waals surface area contributed by atoms with E-state index >= 15 is 0 Å². The summed E-state index contributed by atoms with van der Waals surface area (Å²) in [6.45, 7) is 3.19. The van der Waals surface area contributed by atoms with Crippen molar-refractivity contribution in [1.29, 1.82) is 0 Å². The summed E-state index contributed by atoms with van der Waals surface area (Å²) in [4.78, 5) is 30.6. The summed E-state index contributed by atoms with van der Waals surface area (Å²) in [6.07, 6.45) is 3.27. The Hall–Kier alpha value is -1.68. The van der Waals surface area contributed by atoms with Crippen LogP contribution in [0.5, 0.6) is 0 Å². The van der Waals surface area contributed by atoms with Crippen LogP contribution in [-0.4, -0.2) is 106 Å². The number of aliphatic hydroxyl groups is 3. The van der Waals surface area contributed by atoms with Crippen LogP contribution < -0.4 is 0 Å². The van der Waals surface area contributed by atoms with Gasteiger partial charge in [0.05, 0.1) is 22.3 Å². The maximum atomic E-state index is 12.6. The Labute approximate surface area is 210 Å². The Kier molecular flexibility index (Phi) is 10.2. The lowest BCUT2D eigenvalue weighted by molar-refractivity contribution is -0.130. The number of nitrogens with zero attached hydrogens (tertiary/aromatic N) is 3. The van der Waals surface area contributed by atoms with Gasteiger partial charge in [-0.05, 0) is 36.6 Å². The van der Waals surface area contributed by atoms with E-state index in [1.165, 1.54) is 6.08 Å². The molecule has 0 radical (unpaired) electrons. The SMILES string of the molecule is O=C(/C=C/c1ccc(Cl)c(Cl)c1)N1CCC(=O)N(CCC(O)CN2CCC(O)C(CO)C2)CC1. The summed E-state index contributed by atoms with van der Waals surface area (Å²) in [5.74, 6) is -0.397. The standard InChI is InChI=1S/C24H33Cl2N3O5/c25-20-3-1-17(13-21(20)26)2-4-23(33)29-10-7-24(34)28(11-12-29)9-5-19(31)15-27-8-6-22(32)18(14-27)16-30/h1-4,13,18-19,22,30-32H,5-12,14-16H2/b4-2+. The Morgan fingerprint density at radius 3 is 2.71 bits per heavy atom. The van der Waals surface area contributed by atoms with Gasteiger partial charge in [0.1, 0.15) is 0 Å². The van der Waals surface area contributed by atoms with E-state index in [0.29, 0.717) is 68.7 Å². The minimum Gasteiger partial charge on any atom is -0.396 e. The average molecular weight is 514 g/mol. The highest BCUT2D eigenvalue weighted by atomic mass is 35.5. The van der Waals surface area contributed by atoms with Crippen molar-refractivity contribution < 1.29 is 24.9 Å². The van der Waals surface area contributed by atoms with Crippen LogP contribution in [0.3, 0.4) is 0 Å². The number of aliphatic hydroxyl groups excluding tert-OH is 3. The monoisotopic (exact) mass is 513 g/mol. The molecule has 2 heterocycles. The summed E-state index contributed by atoms with van der Waals surface area (Å²) in [6, 6.07) is 5.13. The highest BCUT2D eigenvalue weighted by Crippen LogP contribution is 2.23. The predicted molar refractivity (Wildman–Crippen MR) is 132 cm³/mol. The molecule has 3 unspecified atom stereocenters. The van der Waals surface area contributed by atoms with E-state index in [-0.39, 0.29) is 30.8 Å². The van der Waals surface area contributed by atoms with E-state index in [9.17, 15) is 24.9 Å². The van der Waals surface area contributed by atoms with Crippen molar-refractivity contribution in [3.8, 4) is 0 Å². The van der Waals surface area contributed by atoms with Gasteiger partial charge in [0.25, 0.3) is 0 Å². The molecule has 0 saturated carbocycles. The van der Waals surface area contributed by atoms with Gasteiger partial charge < -0.3 is 30.0 Å². The van der Waals surface area contributed by atoms with Crippen molar-refractivity contribution in [2.45, 2.75) is 31.5 Å². The first-order chi connectivity index (χ1) is 16.3. The molecule has 3 N–H and O–H groups in total. The number of likely N-dealkylation sites (tertiary alicyclic amines) is 1. The molecule has 2 aliphatic rings. The zero-order valence-corrected chi connectivity index (χ0v) is 20.7. The fourth-order valence-corrected chi connectivity index (χ4v) is 4.65. The van der Waals surface area contributed by atoms with Crippen LogP contribution in [0.4, 0.5) is 0 Å². The summed E-state index contributed by atoms with van der Waals surface area (Å²) in [5, 5.41) is 30.6. The molecule has 10 heteroatoms. The maximum Gasteiger partial charge on any atom is 0.246 e. The number of halogens is 2. The third-order valence-corrected chi connectivity index (χ3v) is 7.21. The van der Waals surface area contributed by atoms with Crippen LogP contribution in [0.1, 0.15) is 24.8 Å². The molecule has 0 aliphatic carbocycles. The van der Waals surface area contributed by atoms with Crippen molar-refractivity contribution in [3.63, 3.8) is 0 Å². The number of hydrogen-bond acceptors (Lipinski definition) is 6. The largest absolute Gasteiger partial charge is 0.396 e. The lowest BCUT2D eigenvalue weighted by atomic mass is 9.95. The van der Waals surface area contributed by atoms with Crippen LogP contribution in [0, 0.1) is 5.92 Å². The van der Waals surface area contributed by atoms with E-state index < -0.39 is 12.2 Å². The first-order valence-corrected chi connectivity index (χ1v) is 12.4. The Balaban J connectivity index is 1.45. The second kappa shape index (κ2) is 12.9. The van der Waals surface area contributed by atoms with Gasteiger partial charge in [0.15, 0.2) is 0 Å². The number of carbonyl (C=O) groups is 2. The van der Waals surface area contributed by atoms with E-state index in [1.54, 1.807) is 34.1 Å². The highest BCUT2D eigenvalue weighted by molar-refractivity contribution is 6.42. The second-order valence-corrected chi connectivity index (χ2v) is 9.78. The van der Waals surface area contributed by atoms with Crippen LogP contribution in [0.2, 0.25) is 10.0 Å². The summed E-state index contributed by atoms with van der Waals surface area (Å²) < 4.78 is 0. The lowest BCUT2D eigenvalue weighted by Crippen LogP contribution is -2.47. The van der Waals surface area contributed by atoms with Gasteiger partial charge in [-0.25, -0.2) is 0 Å². The van der Waals surface area contributed by atoms with Gasteiger partial charge >= 0.3 is 0 Å². The topological polar surface area (TPSA) is 105 Å². The maximum absolute atomic E-state index is 12.6. The van der Waals surface area contributed by atoms with E-state index in [0.717, 1.165) is 5.56 Å². The number of carbonyl (C=O) groups excluding carboxylic acids is 2. The fraction of sp³-hybridized carbons (Fsp3) is 0.583. The highest BCUT2D eigenvalue weighted by Gasteiger charge is 2.28. The van der Waals surface area contributed by atoms with Crippen LogP contribution in [-0.2, 0) is 9.59 Å². The smallest absolute Gasteiger partial charge is 0.246 e. The minimum atomic E-state index is -0.613. The normalized spacial score (nSPS) is 23.4. The molecule has 0 bridgehead atoms. The second-order valence-electron chi connectivity index (χ2n) is 8.96. The van der Waals surface area contributed by atoms with Gasteiger partial charge in [-0.15, -0.1) is 0 Å². The molecule has 3 atom stereocenters. The minimum absolute atomic E-state index is 0.0302. The molecular formula is C24H33Cl2N3O5. The summed E-state index contributed by atoms with van der Waals surface area (Å²) >= 11 is 11.9. The lowest BCUT2D eigenvalue weighted by Gasteiger charge is -2.36. The number of amides is 2. The van der Waals surface area contributed by atoms with Crippen molar-refractivity contribution in [1.82, 2.24) is 14.7 Å². The molecule has 34 heavy (non-hydrogen) atoms. The third kappa shape index (κ3) is 7.66. The quantitative estimate of drug-likeness (QED) is 0.455. The molecule has 0 aromatic heterocycles. The van der Waals surface area contributed by atoms with Crippen LogP contribution in [0.15, 0.2) is 24.3 Å². The molecule has 2 saturated heterocycles. The zero-order chi connectivity index (χ0) is 24.7. The summed E-state index contributed by atoms with van der Waals surface area (Å²) in [5.41, 5.74) is 0.762. The Morgan fingerprint density at radius 1 is 1.18 bits per heavy atom. The molecule has 1 aromatic carbocycles.